The van der Waals surface area contributed by atoms with Gasteiger partial charge in [0.05, 0.1) is 5.52 Å². The maximum atomic E-state index is 12.1. The van der Waals surface area contributed by atoms with Crippen LogP contribution in [-0.4, -0.2) is 28.5 Å². The number of hydrogen-bond acceptors (Lipinski definition) is 4. The van der Waals surface area contributed by atoms with Gasteiger partial charge < -0.3 is 15.1 Å². The highest BCUT2D eigenvalue weighted by Gasteiger charge is 2.20. The Labute approximate surface area is 109 Å². The molecule has 1 amide bonds. The number of nitrogens with zero attached hydrogens (tertiary/aromatic N) is 2. The molecule has 1 aromatic carbocycles. The summed E-state index contributed by atoms with van der Waals surface area (Å²) in [5, 5.41) is 0. The lowest BCUT2D eigenvalue weighted by Gasteiger charge is -2.14. The minimum atomic E-state index is -0.520. The molecule has 0 atom stereocenters. The number of carbonyl (C=O) groups excluding carboxylic acids is 1. The van der Waals surface area contributed by atoms with E-state index in [1.165, 1.54) is 4.57 Å². The Morgan fingerprint density at radius 2 is 2.05 bits per heavy atom. The highest BCUT2D eigenvalue weighted by Crippen LogP contribution is 2.17. The van der Waals surface area contributed by atoms with Gasteiger partial charge in [-0.3, -0.25) is 9.36 Å². The number of carbonyl (C=O) groups is 1. The van der Waals surface area contributed by atoms with Crippen molar-refractivity contribution >= 4 is 22.7 Å². The van der Waals surface area contributed by atoms with E-state index in [4.69, 9.17) is 10.2 Å². The Hall–Kier alpha value is -2.24. The summed E-state index contributed by atoms with van der Waals surface area (Å²) in [5.74, 6) is -0.563. The molecule has 19 heavy (non-hydrogen) atoms. The van der Waals surface area contributed by atoms with Gasteiger partial charge in [-0.15, -0.1) is 0 Å². The van der Waals surface area contributed by atoms with Crippen LogP contribution in [0.15, 0.2) is 27.4 Å². The molecule has 0 radical (unpaired) electrons. The number of nitrogens with two attached hydrogens (primary N) is 1. The van der Waals surface area contributed by atoms with Crippen LogP contribution in [0, 0.1) is 0 Å². The zero-order chi connectivity index (χ0) is 13.4. The van der Waals surface area contributed by atoms with E-state index in [-0.39, 0.29) is 12.5 Å². The predicted octanol–water partition coefficient (Wildman–Crippen LogP) is 0.799. The van der Waals surface area contributed by atoms with Gasteiger partial charge in [-0.2, -0.15) is 0 Å². The monoisotopic (exact) mass is 261 g/mol. The topological polar surface area (TPSA) is 81.5 Å². The van der Waals surface area contributed by atoms with Crippen LogP contribution >= 0.6 is 0 Å². The molecule has 100 valence electrons. The molecule has 2 N–H and O–H groups in total. The van der Waals surface area contributed by atoms with E-state index in [1.807, 2.05) is 0 Å². The average molecular weight is 261 g/mol. The molecule has 0 aliphatic carbocycles. The molecule has 0 saturated carbocycles. The van der Waals surface area contributed by atoms with Crippen LogP contribution in [0.2, 0.25) is 0 Å². The van der Waals surface area contributed by atoms with E-state index in [2.05, 4.69) is 0 Å². The van der Waals surface area contributed by atoms with Crippen LogP contribution in [0.5, 0.6) is 0 Å². The van der Waals surface area contributed by atoms with Crippen LogP contribution in [0.3, 0.4) is 0 Å². The number of amides is 1. The molecule has 6 heteroatoms. The summed E-state index contributed by atoms with van der Waals surface area (Å²) in [6, 6.07) is 4.98. The summed E-state index contributed by atoms with van der Waals surface area (Å²) in [4.78, 5) is 25.6. The first kappa shape index (κ1) is 11.8. The third-order valence-corrected chi connectivity index (χ3v) is 3.44. The van der Waals surface area contributed by atoms with E-state index in [0.717, 1.165) is 25.9 Å². The number of likely N-dealkylation sites (tertiary alicyclic amines) is 1. The largest absolute Gasteiger partial charge is 0.420 e. The Kier molecular flexibility index (Phi) is 2.77. The van der Waals surface area contributed by atoms with E-state index >= 15 is 0 Å². The van der Waals surface area contributed by atoms with Gasteiger partial charge in [0, 0.05) is 24.8 Å². The zero-order valence-electron chi connectivity index (χ0n) is 10.5. The van der Waals surface area contributed by atoms with E-state index < -0.39 is 5.76 Å². The minimum absolute atomic E-state index is 0.0236. The quantitative estimate of drug-likeness (QED) is 0.811. The fourth-order valence-corrected chi connectivity index (χ4v) is 2.43. The molecule has 0 spiro atoms. The Morgan fingerprint density at radius 3 is 2.79 bits per heavy atom. The fraction of sp³-hybridized carbons (Fsp3) is 0.385. The van der Waals surface area contributed by atoms with Crippen LogP contribution in [0.4, 0.5) is 5.69 Å². The number of aromatic nitrogens is 1. The van der Waals surface area contributed by atoms with Crippen molar-refractivity contribution in [2.75, 3.05) is 18.8 Å². The second-order valence-corrected chi connectivity index (χ2v) is 4.77. The Bertz CT molecular complexity index is 680. The molecule has 1 fully saturated rings. The van der Waals surface area contributed by atoms with Gasteiger partial charge in [0.1, 0.15) is 6.54 Å². The van der Waals surface area contributed by atoms with Crippen molar-refractivity contribution in [1.29, 1.82) is 0 Å². The van der Waals surface area contributed by atoms with E-state index in [9.17, 15) is 9.59 Å². The van der Waals surface area contributed by atoms with Gasteiger partial charge in [0.25, 0.3) is 0 Å². The van der Waals surface area contributed by atoms with Crippen LogP contribution in [0.1, 0.15) is 12.8 Å². The predicted molar refractivity (Wildman–Crippen MR) is 70.7 cm³/mol. The first-order valence-electron chi connectivity index (χ1n) is 6.32. The summed E-state index contributed by atoms with van der Waals surface area (Å²) in [6.07, 6.45) is 2.06. The Balaban J connectivity index is 1.94. The third-order valence-electron chi connectivity index (χ3n) is 3.44. The summed E-state index contributed by atoms with van der Waals surface area (Å²) in [5.41, 5.74) is 7.18. The second kappa shape index (κ2) is 4.46. The summed E-state index contributed by atoms with van der Waals surface area (Å²) in [7, 11) is 0. The highest BCUT2D eigenvalue weighted by atomic mass is 16.4. The summed E-state index contributed by atoms with van der Waals surface area (Å²) in [6.45, 7) is 1.57. The first-order chi connectivity index (χ1) is 9.15. The number of rotatable bonds is 2. The molecule has 1 saturated heterocycles. The zero-order valence-corrected chi connectivity index (χ0v) is 10.5. The molecule has 0 unspecified atom stereocenters. The van der Waals surface area contributed by atoms with Crippen molar-refractivity contribution in [2.24, 2.45) is 0 Å². The second-order valence-electron chi connectivity index (χ2n) is 4.77. The van der Waals surface area contributed by atoms with Gasteiger partial charge >= 0.3 is 5.76 Å². The molecule has 0 bridgehead atoms. The van der Waals surface area contributed by atoms with E-state index in [1.54, 1.807) is 23.1 Å². The smallest absolute Gasteiger partial charge is 0.408 e. The van der Waals surface area contributed by atoms with Gasteiger partial charge in [-0.25, -0.2) is 4.79 Å². The van der Waals surface area contributed by atoms with E-state index in [0.29, 0.717) is 16.8 Å². The Morgan fingerprint density at radius 1 is 1.32 bits per heavy atom. The van der Waals surface area contributed by atoms with Crippen molar-refractivity contribution < 1.29 is 9.21 Å². The normalized spacial score (nSPS) is 15.3. The minimum Gasteiger partial charge on any atom is -0.408 e. The third kappa shape index (κ3) is 2.09. The van der Waals surface area contributed by atoms with Crippen molar-refractivity contribution in [3.63, 3.8) is 0 Å². The fourth-order valence-electron chi connectivity index (χ4n) is 2.43. The van der Waals surface area contributed by atoms with Gasteiger partial charge in [-0.1, -0.05) is 0 Å². The van der Waals surface area contributed by atoms with Gasteiger partial charge in [-0.05, 0) is 25.0 Å². The van der Waals surface area contributed by atoms with Crippen molar-refractivity contribution in [3.05, 3.63) is 28.7 Å². The maximum Gasteiger partial charge on any atom is 0.420 e. The van der Waals surface area contributed by atoms with Gasteiger partial charge in [0.2, 0.25) is 5.91 Å². The lowest BCUT2D eigenvalue weighted by atomic mass is 10.3. The molecular formula is C13H15N3O3. The maximum absolute atomic E-state index is 12.1. The molecule has 1 aliphatic rings. The first-order valence-corrected chi connectivity index (χ1v) is 6.32. The van der Waals surface area contributed by atoms with Crippen molar-refractivity contribution in [3.8, 4) is 0 Å². The summed E-state index contributed by atoms with van der Waals surface area (Å²) < 4.78 is 6.46. The van der Waals surface area contributed by atoms with Crippen molar-refractivity contribution in [2.45, 2.75) is 19.4 Å². The standard InChI is InChI=1S/C13H15N3O3/c14-9-3-4-10-11(7-9)19-13(18)16(10)8-12(17)15-5-1-2-6-15/h3-4,7H,1-2,5-6,8,14H2. The molecule has 6 nitrogen and oxygen atoms in total. The lowest BCUT2D eigenvalue weighted by Crippen LogP contribution is -2.33. The van der Waals surface area contributed by atoms with Crippen LogP contribution in [-0.2, 0) is 11.3 Å². The molecule has 1 aromatic heterocycles. The van der Waals surface area contributed by atoms with Crippen molar-refractivity contribution in [1.82, 2.24) is 9.47 Å². The molecule has 1 aliphatic heterocycles. The molecule has 2 aromatic rings. The lowest BCUT2D eigenvalue weighted by molar-refractivity contribution is -0.130. The average Bonchev–Trinajstić information content (AvgIpc) is 2.98. The molecule has 3 rings (SSSR count). The number of nitrogen functional groups attached to an aromatic ring is 1. The number of oxazole rings is 1. The SMILES string of the molecule is Nc1ccc2c(c1)oc(=O)n2CC(=O)N1CCCC1. The number of anilines is 1. The highest BCUT2D eigenvalue weighted by molar-refractivity contribution is 5.81. The number of fused-ring (bicyclic) bond motifs is 1. The van der Waals surface area contributed by atoms with Crippen LogP contribution < -0.4 is 11.5 Å². The summed E-state index contributed by atoms with van der Waals surface area (Å²) >= 11 is 0. The molecular weight excluding hydrogens is 246 g/mol. The number of hydrogen-bond donors (Lipinski definition) is 1. The van der Waals surface area contributed by atoms with Crippen LogP contribution in [0.25, 0.3) is 11.1 Å². The number of benzene rings is 1. The molecule has 2 heterocycles. The van der Waals surface area contributed by atoms with Gasteiger partial charge in [0.15, 0.2) is 5.58 Å².